The van der Waals surface area contributed by atoms with Crippen LogP contribution in [0.3, 0.4) is 0 Å². The minimum absolute atomic E-state index is 0.162. The van der Waals surface area contributed by atoms with E-state index in [1.54, 1.807) is 14.0 Å². The number of nitrogen functional groups attached to an aromatic ring is 1. The van der Waals surface area contributed by atoms with E-state index in [2.05, 4.69) is 9.97 Å². The highest BCUT2D eigenvalue weighted by Crippen LogP contribution is 2.01. The number of H-pyrrole nitrogens is 1. The summed E-state index contributed by atoms with van der Waals surface area (Å²) in [6.45, 7) is 2.30. The molecule has 0 bridgehead atoms. The Kier molecular flexibility index (Phi) is 3.64. The zero-order valence-corrected chi connectivity index (χ0v) is 8.46. The second-order valence-corrected chi connectivity index (χ2v) is 3.12. The van der Waals surface area contributed by atoms with Crippen LogP contribution in [0.1, 0.15) is 17.8 Å². The Balaban J connectivity index is 2.75. The van der Waals surface area contributed by atoms with Crippen molar-refractivity contribution in [2.75, 3.05) is 19.5 Å². The number of methoxy groups -OCH3 is 1. The van der Waals surface area contributed by atoms with E-state index >= 15 is 0 Å². The van der Waals surface area contributed by atoms with Crippen molar-refractivity contribution >= 4 is 5.82 Å². The van der Waals surface area contributed by atoms with Gasteiger partial charge in [0.25, 0.3) is 5.56 Å². The largest absolute Gasteiger partial charge is 0.385 e. The molecule has 0 unspecified atom stereocenters. The average molecular weight is 197 g/mol. The van der Waals surface area contributed by atoms with Crippen molar-refractivity contribution in [2.24, 2.45) is 0 Å². The molecule has 0 saturated heterocycles. The van der Waals surface area contributed by atoms with Crippen molar-refractivity contribution in [1.29, 1.82) is 0 Å². The number of nitrogens with one attached hydrogen (secondary N) is 1. The van der Waals surface area contributed by atoms with E-state index in [-0.39, 0.29) is 5.56 Å². The molecule has 14 heavy (non-hydrogen) atoms. The third kappa shape index (κ3) is 2.56. The van der Waals surface area contributed by atoms with Gasteiger partial charge in [-0.25, -0.2) is 4.98 Å². The van der Waals surface area contributed by atoms with Crippen molar-refractivity contribution in [3.05, 3.63) is 21.7 Å². The topological polar surface area (TPSA) is 81.0 Å². The second-order valence-electron chi connectivity index (χ2n) is 3.12. The fraction of sp³-hybridized carbons (Fsp3) is 0.556. The Morgan fingerprint density at radius 2 is 2.29 bits per heavy atom. The molecule has 0 fully saturated rings. The predicted octanol–water partition coefficient (Wildman–Crippen LogP) is 0.240. The fourth-order valence-corrected chi connectivity index (χ4v) is 1.10. The molecule has 0 amide bonds. The summed E-state index contributed by atoms with van der Waals surface area (Å²) in [6, 6.07) is 0. The van der Waals surface area contributed by atoms with Gasteiger partial charge in [0.1, 0.15) is 11.6 Å². The number of ether oxygens (including phenoxy) is 1. The quantitative estimate of drug-likeness (QED) is 0.677. The Labute approximate surface area is 82.3 Å². The lowest BCUT2D eigenvalue weighted by molar-refractivity contribution is 0.194. The lowest BCUT2D eigenvalue weighted by Gasteiger charge is -2.03. The normalized spacial score (nSPS) is 10.4. The lowest BCUT2D eigenvalue weighted by Crippen LogP contribution is -2.17. The highest BCUT2D eigenvalue weighted by molar-refractivity contribution is 5.36. The Morgan fingerprint density at radius 3 is 2.86 bits per heavy atom. The summed E-state index contributed by atoms with van der Waals surface area (Å²) in [5, 5.41) is 0. The van der Waals surface area contributed by atoms with Crippen molar-refractivity contribution < 1.29 is 4.74 Å². The number of rotatable bonds is 4. The minimum atomic E-state index is -0.162. The molecule has 78 valence electrons. The maximum atomic E-state index is 11.3. The molecule has 1 aromatic rings. The first-order valence-corrected chi connectivity index (χ1v) is 4.49. The van der Waals surface area contributed by atoms with Gasteiger partial charge in [-0.05, 0) is 13.3 Å². The first kappa shape index (κ1) is 10.7. The summed E-state index contributed by atoms with van der Waals surface area (Å²) >= 11 is 0. The molecule has 0 aliphatic rings. The van der Waals surface area contributed by atoms with Gasteiger partial charge < -0.3 is 15.5 Å². The van der Waals surface area contributed by atoms with Gasteiger partial charge in [-0.2, -0.15) is 0 Å². The van der Waals surface area contributed by atoms with Crippen molar-refractivity contribution in [2.45, 2.75) is 19.8 Å². The van der Waals surface area contributed by atoms with E-state index in [1.807, 2.05) is 0 Å². The van der Waals surface area contributed by atoms with Gasteiger partial charge in [-0.3, -0.25) is 4.79 Å². The van der Waals surface area contributed by atoms with E-state index in [9.17, 15) is 4.79 Å². The molecule has 5 nitrogen and oxygen atoms in total. The van der Waals surface area contributed by atoms with Gasteiger partial charge in [0, 0.05) is 20.1 Å². The van der Waals surface area contributed by atoms with Crippen LogP contribution in [0.2, 0.25) is 0 Å². The molecule has 0 radical (unpaired) electrons. The zero-order valence-electron chi connectivity index (χ0n) is 8.46. The van der Waals surface area contributed by atoms with Crippen LogP contribution < -0.4 is 11.3 Å². The number of hydrogen-bond donors (Lipinski definition) is 2. The first-order valence-electron chi connectivity index (χ1n) is 4.49. The summed E-state index contributed by atoms with van der Waals surface area (Å²) in [5.74, 6) is 0.927. The number of anilines is 1. The maximum absolute atomic E-state index is 11.3. The lowest BCUT2D eigenvalue weighted by atomic mass is 10.3. The van der Waals surface area contributed by atoms with Gasteiger partial charge in [0.15, 0.2) is 0 Å². The van der Waals surface area contributed by atoms with E-state index in [0.717, 1.165) is 6.42 Å². The van der Waals surface area contributed by atoms with Crippen LogP contribution in [0, 0.1) is 6.92 Å². The molecular weight excluding hydrogens is 182 g/mol. The maximum Gasteiger partial charge on any atom is 0.255 e. The first-order chi connectivity index (χ1) is 6.65. The van der Waals surface area contributed by atoms with E-state index in [0.29, 0.717) is 30.2 Å². The summed E-state index contributed by atoms with van der Waals surface area (Å²) in [7, 11) is 1.64. The molecule has 1 aromatic heterocycles. The van der Waals surface area contributed by atoms with Crippen LogP contribution in [0.15, 0.2) is 4.79 Å². The highest BCUT2D eigenvalue weighted by Gasteiger charge is 2.03. The Morgan fingerprint density at radius 1 is 1.57 bits per heavy atom. The number of nitrogens with zero attached hydrogens (tertiary/aromatic N) is 1. The van der Waals surface area contributed by atoms with Crippen LogP contribution >= 0.6 is 0 Å². The van der Waals surface area contributed by atoms with Crippen molar-refractivity contribution in [3.8, 4) is 0 Å². The Bertz CT molecular complexity index is 360. The van der Waals surface area contributed by atoms with Gasteiger partial charge in [0.2, 0.25) is 0 Å². The van der Waals surface area contributed by atoms with Gasteiger partial charge in [-0.15, -0.1) is 0 Å². The zero-order chi connectivity index (χ0) is 10.6. The summed E-state index contributed by atoms with van der Waals surface area (Å²) in [5.41, 5.74) is 5.87. The SMILES string of the molecule is COCCCc1nc(N)c(C)c(=O)[nH]1. The molecule has 0 aliphatic heterocycles. The van der Waals surface area contributed by atoms with Crippen molar-refractivity contribution in [3.63, 3.8) is 0 Å². The number of hydrogen-bond acceptors (Lipinski definition) is 4. The van der Waals surface area contributed by atoms with Crippen LogP contribution in [-0.4, -0.2) is 23.7 Å². The fourth-order valence-electron chi connectivity index (χ4n) is 1.10. The molecule has 0 aromatic carbocycles. The predicted molar refractivity (Wildman–Crippen MR) is 54.2 cm³/mol. The number of aromatic nitrogens is 2. The molecule has 0 atom stereocenters. The third-order valence-electron chi connectivity index (χ3n) is 2.00. The van der Waals surface area contributed by atoms with Crippen LogP contribution in [0.4, 0.5) is 5.82 Å². The molecule has 0 spiro atoms. The molecule has 5 heteroatoms. The summed E-state index contributed by atoms with van der Waals surface area (Å²) in [4.78, 5) is 18.0. The molecule has 0 saturated carbocycles. The molecular formula is C9H15N3O2. The Hall–Kier alpha value is -1.36. The van der Waals surface area contributed by atoms with E-state index in [4.69, 9.17) is 10.5 Å². The van der Waals surface area contributed by atoms with Crippen molar-refractivity contribution in [1.82, 2.24) is 9.97 Å². The number of aromatic amines is 1. The van der Waals surface area contributed by atoms with E-state index in [1.165, 1.54) is 0 Å². The molecule has 1 rings (SSSR count). The van der Waals surface area contributed by atoms with Crippen LogP contribution in [0.25, 0.3) is 0 Å². The van der Waals surface area contributed by atoms with Crippen LogP contribution in [0.5, 0.6) is 0 Å². The minimum Gasteiger partial charge on any atom is -0.385 e. The third-order valence-corrected chi connectivity index (χ3v) is 2.00. The molecule has 1 heterocycles. The summed E-state index contributed by atoms with van der Waals surface area (Å²) < 4.78 is 4.90. The van der Waals surface area contributed by atoms with E-state index < -0.39 is 0 Å². The second kappa shape index (κ2) is 4.76. The smallest absolute Gasteiger partial charge is 0.255 e. The molecule has 0 aliphatic carbocycles. The standard InChI is InChI=1S/C9H15N3O2/c1-6-8(10)11-7(12-9(6)13)4-3-5-14-2/h3-5H2,1-2H3,(H3,10,11,12,13). The summed E-state index contributed by atoms with van der Waals surface area (Å²) in [6.07, 6.45) is 1.50. The van der Waals surface area contributed by atoms with Crippen LogP contribution in [-0.2, 0) is 11.2 Å². The number of aryl methyl sites for hydroxylation is 1. The van der Waals surface area contributed by atoms with Gasteiger partial charge in [0.05, 0.1) is 5.56 Å². The van der Waals surface area contributed by atoms with Gasteiger partial charge in [-0.1, -0.05) is 0 Å². The number of nitrogens with two attached hydrogens (primary N) is 1. The average Bonchev–Trinajstić information content (AvgIpc) is 2.14. The highest BCUT2D eigenvalue weighted by atomic mass is 16.5. The molecule has 3 N–H and O–H groups in total. The monoisotopic (exact) mass is 197 g/mol. The van der Waals surface area contributed by atoms with Gasteiger partial charge >= 0.3 is 0 Å².